The SMILES string of the molecule is O=C(c1cccc(Cl)c1)c1cc(Cl)c(Br)cc1F. The van der Waals surface area contributed by atoms with Crippen LogP contribution in [0.2, 0.25) is 10.0 Å². The van der Waals surface area contributed by atoms with Gasteiger partial charge in [-0.05, 0) is 40.2 Å². The maximum Gasteiger partial charge on any atom is 0.196 e. The van der Waals surface area contributed by atoms with Crippen LogP contribution in [0.25, 0.3) is 0 Å². The molecule has 0 aromatic heterocycles. The Balaban J connectivity index is 2.49. The number of hydrogen-bond donors (Lipinski definition) is 0. The maximum atomic E-state index is 13.7. The van der Waals surface area contributed by atoms with Gasteiger partial charge in [-0.3, -0.25) is 4.79 Å². The van der Waals surface area contributed by atoms with E-state index in [1.807, 2.05) is 0 Å². The van der Waals surface area contributed by atoms with Gasteiger partial charge in [0.15, 0.2) is 5.78 Å². The lowest BCUT2D eigenvalue weighted by atomic mass is 10.0. The van der Waals surface area contributed by atoms with E-state index in [4.69, 9.17) is 23.2 Å². The standard InChI is InChI=1S/C13H6BrCl2FO/c14-10-6-12(17)9(5-11(10)16)13(18)7-2-1-3-8(15)4-7/h1-6H. The van der Waals surface area contributed by atoms with Gasteiger partial charge in [0, 0.05) is 15.1 Å². The van der Waals surface area contributed by atoms with Gasteiger partial charge < -0.3 is 0 Å². The van der Waals surface area contributed by atoms with Crippen molar-refractivity contribution in [1.82, 2.24) is 0 Å². The second kappa shape index (κ2) is 5.39. The van der Waals surface area contributed by atoms with Crippen LogP contribution in [0.1, 0.15) is 15.9 Å². The number of hydrogen-bond acceptors (Lipinski definition) is 1. The molecule has 92 valence electrons. The van der Waals surface area contributed by atoms with Crippen LogP contribution in [-0.2, 0) is 0 Å². The van der Waals surface area contributed by atoms with Crippen LogP contribution in [-0.4, -0.2) is 5.78 Å². The van der Waals surface area contributed by atoms with Gasteiger partial charge >= 0.3 is 0 Å². The van der Waals surface area contributed by atoms with Gasteiger partial charge in [-0.2, -0.15) is 0 Å². The summed E-state index contributed by atoms with van der Waals surface area (Å²) in [5.74, 6) is -1.08. The molecule has 2 aromatic rings. The minimum Gasteiger partial charge on any atom is -0.288 e. The highest BCUT2D eigenvalue weighted by molar-refractivity contribution is 9.10. The molecule has 2 rings (SSSR count). The van der Waals surface area contributed by atoms with E-state index in [9.17, 15) is 9.18 Å². The molecule has 0 saturated heterocycles. The third-order valence-electron chi connectivity index (χ3n) is 2.34. The maximum absolute atomic E-state index is 13.7. The van der Waals surface area contributed by atoms with E-state index >= 15 is 0 Å². The van der Waals surface area contributed by atoms with E-state index in [2.05, 4.69) is 15.9 Å². The Kier molecular flexibility index (Phi) is 4.05. The van der Waals surface area contributed by atoms with E-state index in [0.29, 0.717) is 15.1 Å². The Hall–Kier alpha value is -0.900. The van der Waals surface area contributed by atoms with Gasteiger partial charge in [0.1, 0.15) is 5.82 Å². The summed E-state index contributed by atoms with van der Waals surface area (Å²) in [7, 11) is 0. The minimum atomic E-state index is -0.628. The molecule has 0 unspecified atom stereocenters. The summed E-state index contributed by atoms with van der Waals surface area (Å²) < 4.78 is 14.1. The first kappa shape index (κ1) is 13.5. The minimum absolute atomic E-state index is 0.0783. The monoisotopic (exact) mass is 346 g/mol. The van der Waals surface area contributed by atoms with Crippen molar-refractivity contribution in [3.8, 4) is 0 Å². The fourth-order valence-electron chi connectivity index (χ4n) is 1.48. The number of rotatable bonds is 2. The van der Waals surface area contributed by atoms with Crippen LogP contribution in [0.15, 0.2) is 40.9 Å². The fourth-order valence-corrected chi connectivity index (χ4v) is 2.15. The highest BCUT2D eigenvalue weighted by atomic mass is 79.9. The highest BCUT2D eigenvalue weighted by Crippen LogP contribution is 2.27. The molecule has 0 heterocycles. The molecular formula is C13H6BrCl2FO. The predicted octanol–water partition coefficient (Wildman–Crippen LogP) is 5.13. The number of ketones is 1. The second-order valence-corrected chi connectivity index (χ2v) is 5.28. The molecule has 0 radical (unpaired) electrons. The number of halogens is 4. The van der Waals surface area contributed by atoms with Gasteiger partial charge in [0.05, 0.1) is 10.6 Å². The zero-order chi connectivity index (χ0) is 13.3. The van der Waals surface area contributed by atoms with Gasteiger partial charge in [-0.25, -0.2) is 4.39 Å². The number of carbonyl (C=O) groups excluding carboxylic acids is 1. The van der Waals surface area contributed by atoms with Crippen molar-refractivity contribution in [2.24, 2.45) is 0 Å². The quantitative estimate of drug-likeness (QED) is 0.544. The third-order valence-corrected chi connectivity index (χ3v) is 3.77. The van der Waals surface area contributed by atoms with E-state index in [0.717, 1.165) is 0 Å². The Morgan fingerprint density at radius 3 is 2.56 bits per heavy atom. The van der Waals surface area contributed by atoms with E-state index in [1.54, 1.807) is 18.2 Å². The number of benzene rings is 2. The molecule has 0 aliphatic heterocycles. The molecule has 0 saturated carbocycles. The Labute approximate surface area is 122 Å². The van der Waals surface area contributed by atoms with Gasteiger partial charge in [0.25, 0.3) is 0 Å². The molecule has 5 heteroatoms. The average molecular weight is 348 g/mol. The summed E-state index contributed by atoms with van der Waals surface area (Å²) in [5, 5.41) is 0.700. The molecule has 0 amide bonds. The van der Waals surface area contributed by atoms with Crippen LogP contribution >= 0.6 is 39.1 Å². The van der Waals surface area contributed by atoms with Crippen LogP contribution in [0.4, 0.5) is 4.39 Å². The van der Waals surface area contributed by atoms with Crippen LogP contribution in [0.3, 0.4) is 0 Å². The largest absolute Gasteiger partial charge is 0.288 e. The summed E-state index contributed by atoms with van der Waals surface area (Å²) in [5.41, 5.74) is 0.241. The van der Waals surface area contributed by atoms with Crippen LogP contribution in [0, 0.1) is 5.82 Å². The lowest BCUT2D eigenvalue weighted by Crippen LogP contribution is -2.04. The summed E-state index contributed by atoms with van der Waals surface area (Å²) in [6.07, 6.45) is 0. The Morgan fingerprint density at radius 2 is 1.89 bits per heavy atom. The van der Waals surface area contributed by atoms with E-state index < -0.39 is 11.6 Å². The first-order chi connectivity index (χ1) is 8.49. The summed E-state index contributed by atoms with van der Waals surface area (Å²) >= 11 is 14.7. The molecule has 1 nitrogen and oxygen atoms in total. The normalized spacial score (nSPS) is 10.4. The highest BCUT2D eigenvalue weighted by Gasteiger charge is 2.16. The van der Waals surface area contributed by atoms with Gasteiger partial charge in [-0.1, -0.05) is 35.3 Å². The van der Waals surface area contributed by atoms with Crippen LogP contribution < -0.4 is 0 Å². The molecule has 0 atom stereocenters. The summed E-state index contributed by atoms with van der Waals surface area (Å²) in [6, 6.07) is 8.80. The van der Waals surface area contributed by atoms with Gasteiger partial charge in [-0.15, -0.1) is 0 Å². The molecule has 0 aliphatic carbocycles. The molecular weight excluding hydrogens is 342 g/mol. The van der Waals surface area contributed by atoms with E-state index in [-0.39, 0.29) is 10.6 Å². The molecule has 0 spiro atoms. The number of carbonyl (C=O) groups is 1. The second-order valence-electron chi connectivity index (χ2n) is 3.59. The smallest absolute Gasteiger partial charge is 0.196 e. The van der Waals surface area contributed by atoms with Gasteiger partial charge in [0.2, 0.25) is 0 Å². The lowest BCUT2D eigenvalue weighted by molar-refractivity contribution is 0.103. The Morgan fingerprint density at radius 1 is 1.17 bits per heavy atom. The summed E-state index contributed by atoms with van der Waals surface area (Å²) in [6.45, 7) is 0. The predicted molar refractivity (Wildman–Crippen MR) is 74.0 cm³/mol. The summed E-state index contributed by atoms with van der Waals surface area (Å²) in [4.78, 5) is 12.1. The van der Waals surface area contributed by atoms with Crippen molar-refractivity contribution in [2.75, 3.05) is 0 Å². The molecule has 0 bridgehead atoms. The fraction of sp³-hybridized carbons (Fsp3) is 0. The third kappa shape index (κ3) is 2.74. The zero-order valence-electron chi connectivity index (χ0n) is 8.88. The topological polar surface area (TPSA) is 17.1 Å². The first-order valence-corrected chi connectivity index (χ1v) is 6.49. The Bertz CT molecular complexity index is 628. The molecule has 0 N–H and O–H groups in total. The van der Waals surface area contributed by atoms with Crippen LogP contribution in [0.5, 0.6) is 0 Å². The van der Waals surface area contributed by atoms with Crippen molar-refractivity contribution in [3.63, 3.8) is 0 Å². The molecule has 0 fully saturated rings. The van der Waals surface area contributed by atoms with E-state index in [1.165, 1.54) is 18.2 Å². The van der Waals surface area contributed by atoms with Crippen molar-refractivity contribution in [1.29, 1.82) is 0 Å². The van der Waals surface area contributed by atoms with Crippen molar-refractivity contribution in [3.05, 3.63) is 67.9 Å². The van der Waals surface area contributed by atoms with Crippen molar-refractivity contribution < 1.29 is 9.18 Å². The van der Waals surface area contributed by atoms with Crippen molar-refractivity contribution in [2.45, 2.75) is 0 Å². The molecule has 0 aliphatic rings. The average Bonchev–Trinajstić information content (AvgIpc) is 2.33. The lowest BCUT2D eigenvalue weighted by Gasteiger charge is -2.05. The molecule has 18 heavy (non-hydrogen) atoms. The van der Waals surface area contributed by atoms with Crippen molar-refractivity contribution >= 4 is 44.9 Å². The zero-order valence-corrected chi connectivity index (χ0v) is 12.0. The molecule has 2 aromatic carbocycles. The first-order valence-electron chi connectivity index (χ1n) is 4.94.